The van der Waals surface area contributed by atoms with E-state index in [1.807, 2.05) is 41.3 Å². The number of anilines is 3. The van der Waals surface area contributed by atoms with E-state index in [2.05, 4.69) is 9.97 Å². The molecular formula is C31H26N6O4. The molecule has 2 aromatic heterocycles. The molecule has 0 fully saturated rings. The van der Waals surface area contributed by atoms with E-state index in [-0.39, 0.29) is 18.4 Å². The van der Waals surface area contributed by atoms with Gasteiger partial charge in [-0.05, 0) is 42.5 Å². The summed E-state index contributed by atoms with van der Waals surface area (Å²) in [6.07, 6.45) is 3.36. The Morgan fingerprint density at radius 1 is 0.780 bits per heavy atom. The first-order valence-corrected chi connectivity index (χ1v) is 12.9. The predicted octanol–water partition coefficient (Wildman–Crippen LogP) is 4.73. The number of nitrogens with zero attached hydrogens (tertiary/aromatic N) is 5. The monoisotopic (exact) mass is 546 g/mol. The molecule has 2 amide bonds. The molecule has 0 bridgehead atoms. The number of rotatable bonds is 8. The quantitative estimate of drug-likeness (QED) is 0.275. The van der Waals surface area contributed by atoms with Crippen LogP contribution in [0.5, 0.6) is 11.5 Å². The van der Waals surface area contributed by atoms with E-state index >= 15 is 0 Å². The second-order valence-corrected chi connectivity index (χ2v) is 9.43. The van der Waals surface area contributed by atoms with Crippen LogP contribution in [0.15, 0.2) is 85.2 Å². The van der Waals surface area contributed by atoms with Gasteiger partial charge in [-0.2, -0.15) is 0 Å². The van der Waals surface area contributed by atoms with Crippen molar-refractivity contribution in [2.75, 3.05) is 37.9 Å². The number of carbonyl (C=O) groups excluding carboxylic acids is 2. The van der Waals surface area contributed by atoms with Crippen molar-refractivity contribution in [2.24, 2.45) is 0 Å². The third kappa shape index (κ3) is 4.87. The Bertz CT molecular complexity index is 1730. The highest BCUT2D eigenvalue weighted by Gasteiger charge is 2.35. The lowest BCUT2D eigenvalue weighted by Crippen LogP contribution is -2.36. The first kappa shape index (κ1) is 25.8. The first-order valence-electron chi connectivity index (χ1n) is 12.9. The molecule has 3 heterocycles. The highest BCUT2D eigenvalue weighted by Crippen LogP contribution is 2.34. The van der Waals surface area contributed by atoms with Gasteiger partial charge in [0, 0.05) is 54.4 Å². The molecule has 0 spiro atoms. The third-order valence-electron chi connectivity index (χ3n) is 6.99. The number of carbonyl (C=O) groups is 2. The molecule has 0 aliphatic carbocycles. The standard InChI is InChI=1S/C31H26N6O4/c1-40-22-13-21(14-23(16-22)41-2)36(11-12-37-30(38)24-5-3-4-6-25(24)31(37)39)20-8-9-26-27(15-20)35-28(18-33-26)19-7-10-29(32)34-17-19/h3-10,13-18H,11-12H2,1-2H3,(H2,32,34). The molecule has 0 atom stereocenters. The van der Waals surface area contributed by atoms with E-state index in [0.29, 0.717) is 51.7 Å². The fourth-order valence-electron chi connectivity index (χ4n) is 4.86. The number of benzene rings is 3. The Kier molecular flexibility index (Phi) is 6.64. The lowest BCUT2D eigenvalue weighted by molar-refractivity contribution is 0.0659. The SMILES string of the molecule is COc1cc(OC)cc(N(CCN2C(=O)c3ccccc3C2=O)c2ccc3ncc(-c4ccc(N)nc4)nc3c2)c1. The molecule has 0 saturated carbocycles. The summed E-state index contributed by atoms with van der Waals surface area (Å²) in [5.74, 6) is 1.01. The van der Waals surface area contributed by atoms with Crippen LogP contribution < -0.4 is 20.1 Å². The molecule has 204 valence electrons. The summed E-state index contributed by atoms with van der Waals surface area (Å²) in [5, 5.41) is 0. The molecule has 0 radical (unpaired) electrons. The van der Waals surface area contributed by atoms with E-state index in [4.69, 9.17) is 20.2 Å². The van der Waals surface area contributed by atoms with Gasteiger partial charge in [-0.1, -0.05) is 12.1 Å². The zero-order valence-corrected chi connectivity index (χ0v) is 22.4. The summed E-state index contributed by atoms with van der Waals surface area (Å²) in [6, 6.07) is 21.7. The molecule has 0 saturated heterocycles. The minimum absolute atomic E-state index is 0.159. The smallest absolute Gasteiger partial charge is 0.261 e. The van der Waals surface area contributed by atoms with Crippen molar-refractivity contribution in [1.29, 1.82) is 0 Å². The number of nitrogen functional groups attached to an aromatic ring is 1. The lowest BCUT2D eigenvalue weighted by Gasteiger charge is -2.28. The maximum absolute atomic E-state index is 13.1. The van der Waals surface area contributed by atoms with E-state index in [9.17, 15) is 9.59 Å². The van der Waals surface area contributed by atoms with Crippen molar-refractivity contribution >= 4 is 40.0 Å². The van der Waals surface area contributed by atoms with Crippen LogP contribution in [0, 0.1) is 0 Å². The summed E-state index contributed by atoms with van der Waals surface area (Å²) in [5.41, 5.74) is 10.9. The van der Waals surface area contributed by atoms with E-state index in [0.717, 1.165) is 16.9 Å². The van der Waals surface area contributed by atoms with Crippen LogP contribution >= 0.6 is 0 Å². The van der Waals surface area contributed by atoms with Crippen LogP contribution in [0.1, 0.15) is 20.7 Å². The number of amides is 2. The van der Waals surface area contributed by atoms with Gasteiger partial charge in [0.2, 0.25) is 0 Å². The Labute approximate surface area is 236 Å². The number of hydrogen-bond acceptors (Lipinski definition) is 9. The van der Waals surface area contributed by atoms with Crippen LogP contribution in [0.2, 0.25) is 0 Å². The van der Waals surface area contributed by atoms with E-state index in [1.54, 1.807) is 63.0 Å². The van der Waals surface area contributed by atoms with Crippen LogP contribution in [0.25, 0.3) is 22.3 Å². The highest BCUT2D eigenvalue weighted by atomic mass is 16.5. The van der Waals surface area contributed by atoms with Crippen LogP contribution in [0.4, 0.5) is 17.2 Å². The predicted molar refractivity (Wildman–Crippen MR) is 156 cm³/mol. The normalized spacial score (nSPS) is 12.5. The summed E-state index contributed by atoms with van der Waals surface area (Å²) in [7, 11) is 3.17. The van der Waals surface area contributed by atoms with Crippen molar-refractivity contribution in [3.63, 3.8) is 0 Å². The maximum Gasteiger partial charge on any atom is 0.261 e. The van der Waals surface area contributed by atoms with Gasteiger partial charge in [0.15, 0.2) is 0 Å². The van der Waals surface area contributed by atoms with Gasteiger partial charge >= 0.3 is 0 Å². The minimum Gasteiger partial charge on any atom is -0.497 e. The Hall–Kier alpha value is -5.51. The molecule has 0 unspecified atom stereocenters. The number of nitrogens with two attached hydrogens (primary N) is 1. The average Bonchev–Trinajstić information content (AvgIpc) is 3.25. The Balaban J connectivity index is 1.39. The number of hydrogen-bond donors (Lipinski definition) is 1. The molecule has 5 aromatic rings. The molecular weight excluding hydrogens is 520 g/mol. The van der Waals surface area contributed by atoms with E-state index in [1.165, 1.54) is 4.90 Å². The number of ether oxygens (including phenoxy) is 2. The van der Waals surface area contributed by atoms with Crippen LogP contribution in [-0.4, -0.2) is 59.0 Å². The van der Waals surface area contributed by atoms with Crippen molar-refractivity contribution in [3.05, 3.63) is 96.3 Å². The molecule has 3 aromatic carbocycles. The van der Waals surface area contributed by atoms with Crippen LogP contribution in [0.3, 0.4) is 0 Å². The Morgan fingerprint density at radius 2 is 1.49 bits per heavy atom. The molecule has 10 nitrogen and oxygen atoms in total. The first-order chi connectivity index (χ1) is 19.9. The zero-order chi connectivity index (χ0) is 28.5. The second kappa shape index (κ2) is 10.6. The zero-order valence-electron chi connectivity index (χ0n) is 22.4. The highest BCUT2D eigenvalue weighted by molar-refractivity contribution is 6.21. The summed E-state index contributed by atoms with van der Waals surface area (Å²) in [4.78, 5) is 43.0. The topological polar surface area (TPSA) is 124 Å². The van der Waals surface area contributed by atoms with Gasteiger partial charge in [-0.3, -0.25) is 19.5 Å². The molecule has 1 aliphatic heterocycles. The maximum atomic E-state index is 13.1. The second-order valence-electron chi connectivity index (χ2n) is 9.43. The molecule has 6 rings (SSSR count). The number of fused-ring (bicyclic) bond motifs is 2. The molecule has 1 aliphatic rings. The van der Waals surface area contributed by atoms with Crippen molar-refractivity contribution in [1.82, 2.24) is 19.9 Å². The minimum atomic E-state index is -0.306. The Morgan fingerprint density at radius 3 is 2.12 bits per heavy atom. The average molecular weight is 547 g/mol. The lowest BCUT2D eigenvalue weighted by atomic mass is 10.1. The van der Waals surface area contributed by atoms with Gasteiger partial charge in [0.25, 0.3) is 11.8 Å². The molecule has 10 heteroatoms. The van der Waals surface area contributed by atoms with E-state index < -0.39 is 0 Å². The molecule has 2 N–H and O–H groups in total. The van der Waals surface area contributed by atoms with Gasteiger partial charge in [-0.15, -0.1) is 0 Å². The third-order valence-corrected chi connectivity index (χ3v) is 6.99. The fraction of sp³-hybridized carbons (Fsp3) is 0.129. The van der Waals surface area contributed by atoms with Crippen molar-refractivity contribution in [2.45, 2.75) is 0 Å². The van der Waals surface area contributed by atoms with Gasteiger partial charge < -0.3 is 20.1 Å². The van der Waals surface area contributed by atoms with Gasteiger partial charge in [0.05, 0.1) is 48.3 Å². The number of imide groups is 1. The number of aromatic nitrogens is 3. The summed E-state index contributed by atoms with van der Waals surface area (Å²) in [6.45, 7) is 0.467. The van der Waals surface area contributed by atoms with Crippen molar-refractivity contribution < 1.29 is 19.1 Å². The fourth-order valence-corrected chi connectivity index (χ4v) is 4.86. The number of pyridine rings is 1. The van der Waals surface area contributed by atoms with Crippen LogP contribution in [-0.2, 0) is 0 Å². The van der Waals surface area contributed by atoms with Crippen molar-refractivity contribution in [3.8, 4) is 22.8 Å². The van der Waals surface area contributed by atoms with Gasteiger partial charge in [-0.25, -0.2) is 9.97 Å². The number of methoxy groups -OCH3 is 2. The van der Waals surface area contributed by atoms with Gasteiger partial charge in [0.1, 0.15) is 17.3 Å². The summed E-state index contributed by atoms with van der Waals surface area (Å²) >= 11 is 0. The summed E-state index contributed by atoms with van der Waals surface area (Å²) < 4.78 is 11.0. The molecule has 41 heavy (non-hydrogen) atoms. The largest absolute Gasteiger partial charge is 0.497 e.